The summed E-state index contributed by atoms with van der Waals surface area (Å²) in [6.07, 6.45) is 10.3. The minimum absolute atomic E-state index is 0.101. The van der Waals surface area contributed by atoms with Crippen molar-refractivity contribution < 1.29 is 9.47 Å². The van der Waals surface area contributed by atoms with Crippen LogP contribution in [0.2, 0.25) is 0 Å². The van der Waals surface area contributed by atoms with Crippen molar-refractivity contribution in [3.8, 4) is 0 Å². The zero-order valence-electron chi connectivity index (χ0n) is 10.8. The van der Waals surface area contributed by atoms with Crippen molar-refractivity contribution in [2.75, 3.05) is 6.61 Å². The van der Waals surface area contributed by atoms with Crippen LogP contribution >= 0.6 is 0 Å². The highest BCUT2D eigenvalue weighted by Gasteiger charge is 2.47. The minimum atomic E-state index is 0.101. The van der Waals surface area contributed by atoms with Crippen LogP contribution in [0.1, 0.15) is 65.2 Å². The lowest BCUT2D eigenvalue weighted by Crippen LogP contribution is -2.38. The molecule has 0 saturated carbocycles. The summed E-state index contributed by atoms with van der Waals surface area (Å²) in [6.45, 7) is 5.35. The molecule has 0 aromatic heterocycles. The van der Waals surface area contributed by atoms with Crippen LogP contribution in [0.25, 0.3) is 0 Å². The first-order valence-electron chi connectivity index (χ1n) is 7.09. The molecule has 3 unspecified atom stereocenters. The molecule has 2 rings (SSSR count). The molecule has 2 fully saturated rings. The molecule has 0 N–H and O–H groups in total. The van der Waals surface area contributed by atoms with Crippen LogP contribution in [0.4, 0.5) is 0 Å². The molecule has 2 aliphatic rings. The molecule has 94 valence electrons. The van der Waals surface area contributed by atoms with E-state index in [9.17, 15) is 0 Å². The third kappa shape index (κ3) is 2.60. The van der Waals surface area contributed by atoms with Gasteiger partial charge in [0, 0.05) is 5.92 Å². The van der Waals surface area contributed by atoms with E-state index < -0.39 is 0 Å². The second-order valence-corrected chi connectivity index (χ2v) is 5.52. The highest BCUT2D eigenvalue weighted by atomic mass is 16.7. The highest BCUT2D eigenvalue weighted by Crippen LogP contribution is 2.43. The zero-order chi connectivity index (χ0) is 11.4. The van der Waals surface area contributed by atoms with Crippen LogP contribution in [-0.4, -0.2) is 18.5 Å². The average molecular weight is 226 g/mol. The summed E-state index contributed by atoms with van der Waals surface area (Å²) in [4.78, 5) is 0. The molecule has 2 saturated heterocycles. The highest BCUT2D eigenvalue weighted by molar-refractivity contribution is 4.92. The Morgan fingerprint density at radius 2 is 2.00 bits per heavy atom. The van der Waals surface area contributed by atoms with Gasteiger partial charge in [-0.1, -0.05) is 39.5 Å². The molecule has 0 amide bonds. The van der Waals surface area contributed by atoms with E-state index in [4.69, 9.17) is 9.47 Å². The van der Waals surface area contributed by atoms with E-state index in [1.54, 1.807) is 0 Å². The Bertz CT molecular complexity index is 217. The first kappa shape index (κ1) is 12.4. The van der Waals surface area contributed by atoms with E-state index in [2.05, 4.69) is 13.8 Å². The second-order valence-electron chi connectivity index (χ2n) is 5.52. The quantitative estimate of drug-likeness (QED) is 0.684. The molecule has 0 aromatic rings. The zero-order valence-corrected chi connectivity index (χ0v) is 10.8. The number of hydrogen-bond donors (Lipinski definition) is 0. The van der Waals surface area contributed by atoms with Gasteiger partial charge in [-0.3, -0.25) is 0 Å². The number of rotatable bonds is 6. The molecule has 2 nitrogen and oxygen atoms in total. The molecule has 0 aromatic carbocycles. The van der Waals surface area contributed by atoms with Crippen molar-refractivity contribution >= 4 is 0 Å². The van der Waals surface area contributed by atoms with Crippen LogP contribution in [0.15, 0.2) is 0 Å². The number of unbranched alkanes of at least 4 members (excludes halogenated alkanes) is 2. The lowest BCUT2D eigenvalue weighted by atomic mass is 9.85. The van der Waals surface area contributed by atoms with Crippen molar-refractivity contribution in [1.82, 2.24) is 0 Å². The Hall–Kier alpha value is -0.0800. The first-order valence-corrected chi connectivity index (χ1v) is 7.09. The lowest BCUT2D eigenvalue weighted by molar-refractivity contribution is -0.156. The molecule has 2 bridgehead atoms. The Morgan fingerprint density at radius 3 is 2.75 bits per heavy atom. The molecular formula is C14H26O2. The van der Waals surface area contributed by atoms with Gasteiger partial charge in [0.2, 0.25) is 0 Å². The third-order valence-corrected chi connectivity index (χ3v) is 4.15. The summed E-state index contributed by atoms with van der Waals surface area (Å²) >= 11 is 0. The molecule has 0 spiro atoms. The van der Waals surface area contributed by atoms with Gasteiger partial charge in [-0.25, -0.2) is 0 Å². The van der Waals surface area contributed by atoms with E-state index in [1.807, 2.05) is 0 Å². The Balaban J connectivity index is 1.84. The maximum Gasteiger partial charge on any atom is 0.161 e. The summed E-state index contributed by atoms with van der Waals surface area (Å²) in [5, 5.41) is 0. The summed E-state index contributed by atoms with van der Waals surface area (Å²) in [7, 11) is 0. The predicted octanol–water partition coefficient (Wildman–Crippen LogP) is 3.89. The molecule has 0 radical (unpaired) electrons. The molecule has 2 heterocycles. The topological polar surface area (TPSA) is 18.5 Å². The molecular weight excluding hydrogens is 200 g/mol. The lowest BCUT2D eigenvalue weighted by Gasteiger charge is -2.35. The molecule has 2 heteroatoms. The van der Waals surface area contributed by atoms with Crippen LogP contribution in [0, 0.1) is 5.92 Å². The Morgan fingerprint density at radius 1 is 1.19 bits per heavy atom. The second kappa shape index (κ2) is 5.50. The standard InChI is InChI=1S/C14H26O2/c1-3-5-7-12-8-10-14(9-6-4-2)11-15-13(12)16-14/h12-13H,3-11H2,1-2H3. The third-order valence-electron chi connectivity index (χ3n) is 4.15. The molecule has 3 atom stereocenters. The maximum absolute atomic E-state index is 6.17. The van der Waals surface area contributed by atoms with Gasteiger partial charge in [-0.15, -0.1) is 0 Å². The fourth-order valence-electron chi connectivity index (χ4n) is 3.00. The number of ether oxygens (including phenoxy) is 2. The van der Waals surface area contributed by atoms with Gasteiger partial charge in [0.05, 0.1) is 12.2 Å². The first-order chi connectivity index (χ1) is 7.79. The smallest absolute Gasteiger partial charge is 0.161 e. The van der Waals surface area contributed by atoms with E-state index in [-0.39, 0.29) is 11.9 Å². The van der Waals surface area contributed by atoms with Crippen LogP contribution in [0.3, 0.4) is 0 Å². The number of hydrogen-bond acceptors (Lipinski definition) is 2. The van der Waals surface area contributed by atoms with Gasteiger partial charge in [-0.05, 0) is 25.7 Å². The average Bonchev–Trinajstić information content (AvgIpc) is 2.65. The van der Waals surface area contributed by atoms with Gasteiger partial charge in [-0.2, -0.15) is 0 Å². The fourth-order valence-corrected chi connectivity index (χ4v) is 3.00. The van der Waals surface area contributed by atoms with Crippen molar-refractivity contribution in [2.45, 2.75) is 77.1 Å². The summed E-state index contributed by atoms with van der Waals surface area (Å²) < 4.78 is 12.0. The van der Waals surface area contributed by atoms with Gasteiger partial charge < -0.3 is 9.47 Å². The normalized spacial score (nSPS) is 37.9. The van der Waals surface area contributed by atoms with E-state index in [0.717, 1.165) is 6.61 Å². The van der Waals surface area contributed by atoms with Crippen LogP contribution in [-0.2, 0) is 9.47 Å². The Labute approximate surface area is 99.7 Å². The van der Waals surface area contributed by atoms with E-state index in [0.29, 0.717) is 5.92 Å². The Kier molecular flexibility index (Phi) is 4.26. The summed E-state index contributed by atoms with van der Waals surface area (Å²) in [5.41, 5.74) is 0.101. The van der Waals surface area contributed by atoms with Gasteiger partial charge in [0.15, 0.2) is 6.29 Å². The monoisotopic (exact) mass is 226 g/mol. The maximum atomic E-state index is 6.17. The van der Waals surface area contributed by atoms with Crippen LogP contribution in [0.5, 0.6) is 0 Å². The molecule has 0 aliphatic carbocycles. The SMILES string of the molecule is CCCCC1CCC2(CCCC)COC1O2. The van der Waals surface area contributed by atoms with Crippen molar-refractivity contribution in [2.24, 2.45) is 5.92 Å². The van der Waals surface area contributed by atoms with Gasteiger partial charge in [0.25, 0.3) is 0 Å². The predicted molar refractivity (Wildman–Crippen MR) is 65.3 cm³/mol. The molecule has 2 aliphatic heterocycles. The number of fused-ring (bicyclic) bond motifs is 2. The fraction of sp³-hybridized carbons (Fsp3) is 1.00. The van der Waals surface area contributed by atoms with Crippen LogP contribution < -0.4 is 0 Å². The largest absolute Gasteiger partial charge is 0.349 e. The van der Waals surface area contributed by atoms with E-state index in [1.165, 1.54) is 51.4 Å². The van der Waals surface area contributed by atoms with Crippen molar-refractivity contribution in [3.63, 3.8) is 0 Å². The molecule has 16 heavy (non-hydrogen) atoms. The van der Waals surface area contributed by atoms with Gasteiger partial charge >= 0.3 is 0 Å². The van der Waals surface area contributed by atoms with Crippen molar-refractivity contribution in [3.05, 3.63) is 0 Å². The van der Waals surface area contributed by atoms with Crippen molar-refractivity contribution in [1.29, 1.82) is 0 Å². The van der Waals surface area contributed by atoms with E-state index >= 15 is 0 Å². The minimum Gasteiger partial charge on any atom is -0.349 e. The summed E-state index contributed by atoms with van der Waals surface area (Å²) in [5.74, 6) is 0.664. The van der Waals surface area contributed by atoms with Gasteiger partial charge in [0.1, 0.15) is 0 Å². The summed E-state index contributed by atoms with van der Waals surface area (Å²) in [6, 6.07) is 0.